The van der Waals surface area contributed by atoms with E-state index in [0.717, 1.165) is 15.1 Å². The minimum Gasteiger partial charge on any atom is -0.375 e. The van der Waals surface area contributed by atoms with Crippen LogP contribution in [0, 0.1) is 6.92 Å². The first-order valence-electron chi connectivity index (χ1n) is 4.25. The molecule has 0 spiro atoms. The van der Waals surface area contributed by atoms with Crippen LogP contribution >= 0.6 is 38.6 Å². The Morgan fingerprint density at radius 1 is 1.47 bits per heavy atom. The average molecular weight is 355 g/mol. The third kappa shape index (κ3) is 2.76. The van der Waals surface area contributed by atoms with E-state index in [0.29, 0.717) is 10.8 Å². The maximum absolute atomic E-state index is 12.0. The zero-order chi connectivity index (χ0) is 12.6. The molecule has 10 heteroatoms. The Kier molecular flexibility index (Phi) is 3.39. The highest BCUT2D eigenvalue weighted by Crippen LogP contribution is 2.29. The number of aryl methyl sites for hydroxylation is 1. The van der Waals surface area contributed by atoms with Crippen molar-refractivity contribution in [1.82, 2.24) is 9.97 Å². The summed E-state index contributed by atoms with van der Waals surface area (Å²) in [5.41, 5.74) is 5.85. The Hall–Kier alpha value is -0.710. The summed E-state index contributed by atoms with van der Waals surface area (Å²) in [5.74, 6) is 0. The first-order chi connectivity index (χ1) is 7.88. The molecule has 0 saturated heterocycles. The van der Waals surface area contributed by atoms with Gasteiger partial charge in [0.15, 0.2) is 14.5 Å². The number of halogens is 1. The second-order valence-electron chi connectivity index (χ2n) is 3.00. The molecule has 0 fully saturated rings. The molecule has 0 aromatic carbocycles. The number of thiazole rings is 2. The van der Waals surface area contributed by atoms with E-state index in [1.165, 1.54) is 17.5 Å². The van der Waals surface area contributed by atoms with Gasteiger partial charge in [-0.2, -0.15) is 0 Å². The SMILES string of the molecule is Cc1nc(N)sc1S(=O)(=O)Nc1ncc(Br)s1. The molecule has 0 aliphatic rings. The van der Waals surface area contributed by atoms with Gasteiger partial charge >= 0.3 is 0 Å². The van der Waals surface area contributed by atoms with Crippen LogP contribution in [-0.4, -0.2) is 18.4 Å². The second-order valence-corrected chi connectivity index (χ2v) is 8.32. The van der Waals surface area contributed by atoms with Crippen LogP contribution in [-0.2, 0) is 10.0 Å². The van der Waals surface area contributed by atoms with E-state index in [9.17, 15) is 8.42 Å². The maximum Gasteiger partial charge on any atom is 0.275 e. The van der Waals surface area contributed by atoms with Gasteiger partial charge in [0.1, 0.15) is 0 Å². The topological polar surface area (TPSA) is 98.0 Å². The van der Waals surface area contributed by atoms with E-state index in [2.05, 4.69) is 30.6 Å². The van der Waals surface area contributed by atoms with Crippen LogP contribution in [0.15, 0.2) is 14.2 Å². The number of sulfonamides is 1. The van der Waals surface area contributed by atoms with Gasteiger partial charge in [0.25, 0.3) is 10.0 Å². The van der Waals surface area contributed by atoms with E-state index in [1.807, 2.05) is 0 Å². The molecule has 0 saturated carbocycles. The first-order valence-corrected chi connectivity index (χ1v) is 8.16. The van der Waals surface area contributed by atoms with E-state index >= 15 is 0 Å². The Morgan fingerprint density at radius 3 is 2.65 bits per heavy atom. The number of hydrogen-bond acceptors (Lipinski definition) is 7. The van der Waals surface area contributed by atoms with Gasteiger partial charge in [0, 0.05) is 0 Å². The molecule has 0 unspecified atom stereocenters. The van der Waals surface area contributed by atoms with Crippen molar-refractivity contribution >= 4 is 58.9 Å². The molecule has 92 valence electrons. The molecule has 2 heterocycles. The maximum atomic E-state index is 12.0. The lowest BCUT2D eigenvalue weighted by molar-refractivity contribution is 0.602. The van der Waals surface area contributed by atoms with Crippen molar-refractivity contribution in [1.29, 1.82) is 0 Å². The Labute approximate surface area is 114 Å². The molecule has 0 radical (unpaired) electrons. The zero-order valence-corrected chi connectivity index (χ0v) is 12.5. The quantitative estimate of drug-likeness (QED) is 0.878. The summed E-state index contributed by atoms with van der Waals surface area (Å²) in [5, 5.41) is 0.520. The third-order valence-corrected chi connectivity index (χ3v) is 6.17. The molecule has 3 N–H and O–H groups in total. The number of nitrogens with one attached hydrogen (secondary N) is 1. The number of nitrogen functional groups attached to an aromatic ring is 1. The van der Waals surface area contributed by atoms with Crippen molar-refractivity contribution in [3.63, 3.8) is 0 Å². The zero-order valence-electron chi connectivity index (χ0n) is 8.47. The fraction of sp³-hybridized carbons (Fsp3) is 0.143. The summed E-state index contributed by atoms with van der Waals surface area (Å²) >= 11 is 5.32. The normalized spacial score (nSPS) is 11.6. The molecule has 2 rings (SSSR count). The fourth-order valence-electron chi connectivity index (χ4n) is 1.11. The van der Waals surface area contributed by atoms with Crippen molar-refractivity contribution in [3.05, 3.63) is 15.7 Å². The third-order valence-electron chi connectivity index (χ3n) is 1.71. The predicted octanol–water partition coefficient (Wildman–Crippen LogP) is 2.05. The highest BCUT2D eigenvalue weighted by molar-refractivity contribution is 9.11. The molecule has 6 nitrogen and oxygen atoms in total. The smallest absolute Gasteiger partial charge is 0.275 e. The fourth-order valence-corrected chi connectivity index (χ4v) is 4.76. The van der Waals surface area contributed by atoms with Crippen LogP contribution in [0.1, 0.15) is 5.69 Å². The summed E-state index contributed by atoms with van der Waals surface area (Å²) < 4.78 is 27.2. The van der Waals surface area contributed by atoms with Crippen molar-refractivity contribution in [2.45, 2.75) is 11.1 Å². The summed E-state index contributed by atoms with van der Waals surface area (Å²) in [7, 11) is -3.66. The molecule has 2 aromatic heterocycles. The Morgan fingerprint density at radius 2 is 2.18 bits per heavy atom. The minimum absolute atomic E-state index is 0.112. The second kappa shape index (κ2) is 4.52. The van der Waals surface area contributed by atoms with Gasteiger partial charge in [-0.05, 0) is 22.9 Å². The molecule has 0 amide bonds. The number of anilines is 2. The Balaban J connectivity index is 2.34. The lowest BCUT2D eigenvalue weighted by atomic mass is 10.6. The number of aromatic nitrogens is 2. The van der Waals surface area contributed by atoms with E-state index in [-0.39, 0.29) is 9.34 Å². The summed E-state index contributed by atoms with van der Waals surface area (Å²) in [4.78, 5) is 7.77. The molecule has 0 aliphatic heterocycles. The monoisotopic (exact) mass is 354 g/mol. The largest absolute Gasteiger partial charge is 0.375 e. The summed E-state index contributed by atoms with van der Waals surface area (Å²) in [6, 6.07) is 0. The molecule has 0 bridgehead atoms. The van der Waals surface area contributed by atoms with Gasteiger partial charge in [-0.25, -0.2) is 18.4 Å². The molecular weight excluding hydrogens is 348 g/mol. The van der Waals surface area contributed by atoms with Crippen LogP contribution in [0.3, 0.4) is 0 Å². The standard InChI is InChI=1S/C7H7BrN4O2S3/c1-3-5(16-6(9)11-3)17(13,14)12-7-10-2-4(8)15-7/h2H,1H3,(H2,9,11)(H,10,12). The van der Waals surface area contributed by atoms with Gasteiger partial charge in [-0.15, -0.1) is 0 Å². The number of rotatable bonds is 3. The van der Waals surface area contributed by atoms with Gasteiger partial charge in [0.2, 0.25) is 0 Å². The highest BCUT2D eigenvalue weighted by Gasteiger charge is 2.22. The molecule has 0 atom stereocenters. The van der Waals surface area contributed by atoms with E-state index in [1.54, 1.807) is 6.92 Å². The van der Waals surface area contributed by atoms with E-state index < -0.39 is 10.0 Å². The van der Waals surface area contributed by atoms with Gasteiger partial charge in [0.05, 0.1) is 15.7 Å². The van der Waals surface area contributed by atoms with E-state index in [4.69, 9.17) is 5.73 Å². The van der Waals surface area contributed by atoms with Crippen LogP contribution in [0.5, 0.6) is 0 Å². The number of nitrogens with zero attached hydrogens (tertiary/aromatic N) is 2. The van der Waals surface area contributed by atoms with Gasteiger partial charge in [-0.3, -0.25) is 4.72 Å². The van der Waals surface area contributed by atoms with Gasteiger partial charge < -0.3 is 5.73 Å². The molecule has 17 heavy (non-hydrogen) atoms. The van der Waals surface area contributed by atoms with Crippen molar-refractivity contribution in [3.8, 4) is 0 Å². The Bertz CT molecular complexity index is 648. The molecule has 2 aromatic rings. The lowest BCUT2D eigenvalue weighted by Crippen LogP contribution is -2.12. The van der Waals surface area contributed by atoms with Crippen LogP contribution in [0.25, 0.3) is 0 Å². The average Bonchev–Trinajstić information content (AvgIpc) is 2.72. The van der Waals surface area contributed by atoms with Crippen molar-refractivity contribution in [2.24, 2.45) is 0 Å². The van der Waals surface area contributed by atoms with Crippen LogP contribution in [0.2, 0.25) is 0 Å². The minimum atomic E-state index is -3.66. The van der Waals surface area contributed by atoms with Crippen LogP contribution in [0.4, 0.5) is 10.3 Å². The summed E-state index contributed by atoms with van der Waals surface area (Å²) in [6.07, 6.45) is 1.52. The lowest BCUT2D eigenvalue weighted by Gasteiger charge is -2.02. The van der Waals surface area contributed by atoms with Crippen LogP contribution < -0.4 is 10.5 Å². The molecular formula is C7H7BrN4O2S3. The van der Waals surface area contributed by atoms with Crippen molar-refractivity contribution in [2.75, 3.05) is 10.5 Å². The first kappa shape index (κ1) is 12.7. The van der Waals surface area contributed by atoms with Crippen molar-refractivity contribution < 1.29 is 8.42 Å². The number of nitrogens with two attached hydrogens (primary N) is 1. The molecule has 0 aliphatic carbocycles. The predicted molar refractivity (Wildman–Crippen MR) is 71.9 cm³/mol. The number of hydrogen-bond donors (Lipinski definition) is 2. The summed E-state index contributed by atoms with van der Waals surface area (Å²) in [6.45, 7) is 1.60. The highest BCUT2D eigenvalue weighted by atomic mass is 79.9. The van der Waals surface area contributed by atoms with Gasteiger partial charge in [-0.1, -0.05) is 22.7 Å².